The normalized spacial score (nSPS) is 13.8. The van der Waals surface area contributed by atoms with Crippen molar-refractivity contribution in [2.24, 2.45) is 0 Å². The van der Waals surface area contributed by atoms with Gasteiger partial charge in [0.15, 0.2) is 29.0 Å². The highest BCUT2D eigenvalue weighted by molar-refractivity contribution is 5.46. The minimum absolute atomic E-state index is 0.00447. The molecule has 2 aromatic heterocycles. The van der Waals surface area contributed by atoms with Gasteiger partial charge in [0.2, 0.25) is 5.75 Å². The number of nitrogens with zero attached hydrogens (tertiary/aromatic N) is 3. The first-order valence-electron chi connectivity index (χ1n) is 9.39. The highest BCUT2D eigenvalue weighted by Crippen LogP contribution is 2.41. The van der Waals surface area contributed by atoms with Crippen LogP contribution in [0.25, 0.3) is 5.82 Å². The van der Waals surface area contributed by atoms with Crippen molar-refractivity contribution in [2.45, 2.75) is 45.6 Å². The predicted molar refractivity (Wildman–Crippen MR) is 100 cm³/mol. The second-order valence-electron chi connectivity index (χ2n) is 7.30. The summed E-state index contributed by atoms with van der Waals surface area (Å²) in [5.41, 5.74) is 1.15. The molecule has 1 fully saturated rings. The maximum Gasteiger partial charge on any atom is 0.277 e. The lowest BCUT2D eigenvalue weighted by molar-refractivity contribution is 0.222. The molecule has 1 saturated carbocycles. The van der Waals surface area contributed by atoms with Gasteiger partial charge in [0, 0.05) is 6.20 Å². The summed E-state index contributed by atoms with van der Waals surface area (Å²) >= 11 is 0. The van der Waals surface area contributed by atoms with Crippen molar-refractivity contribution in [3.8, 4) is 23.2 Å². The van der Waals surface area contributed by atoms with E-state index in [0.717, 1.165) is 30.5 Å². The zero-order valence-electron chi connectivity index (χ0n) is 16.2. The minimum Gasteiger partial charge on any atom is -0.471 e. The van der Waals surface area contributed by atoms with Crippen LogP contribution >= 0.6 is 0 Å². The van der Waals surface area contributed by atoms with Crippen LogP contribution in [-0.2, 0) is 0 Å². The van der Waals surface area contributed by atoms with E-state index in [-0.39, 0.29) is 23.6 Å². The Morgan fingerprint density at radius 3 is 2.34 bits per heavy atom. The van der Waals surface area contributed by atoms with Crippen LogP contribution in [0.1, 0.15) is 43.9 Å². The van der Waals surface area contributed by atoms with Gasteiger partial charge in [-0.2, -0.15) is 0 Å². The van der Waals surface area contributed by atoms with Gasteiger partial charge < -0.3 is 9.47 Å². The van der Waals surface area contributed by atoms with Crippen molar-refractivity contribution in [2.75, 3.05) is 0 Å². The molecule has 1 aliphatic rings. The van der Waals surface area contributed by atoms with E-state index in [0.29, 0.717) is 11.6 Å². The number of halogens is 3. The second-order valence-corrected chi connectivity index (χ2v) is 7.30. The fourth-order valence-electron chi connectivity index (χ4n) is 3.01. The lowest BCUT2D eigenvalue weighted by atomic mass is 10.2. The van der Waals surface area contributed by atoms with Crippen LogP contribution in [0.5, 0.6) is 17.4 Å². The number of rotatable bonds is 6. The Balaban J connectivity index is 1.78. The molecule has 8 heteroatoms. The van der Waals surface area contributed by atoms with Crippen LogP contribution in [-0.4, -0.2) is 20.9 Å². The maximum absolute atomic E-state index is 14.7. The summed E-state index contributed by atoms with van der Waals surface area (Å²) in [6, 6.07) is 4.85. The number of pyridine rings is 1. The lowest BCUT2D eigenvalue weighted by Crippen LogP contribution is -2.08. The minimum atomic E-state index is -0.870. The number of aromatic nitrogens is 3. The summed E-state index contributed by atoms with van der Waals surface area (Å²) in [6.07, 6.45) is 3.39. The van der Waals surface area contributed by atoms with Crippen molar-refractivity contribution in [1.29, 1.82) is 0 Å². The Kier molecular flexibility index (Phi) is 4.94. The number of hydrogen-bond acceptors (Lipinski definition) is 4. The predicted octanol–water partition coefficient (Wildman–Crippen LogP) is 5.45. The van der Waals surface area contributed by atoms with Crippen molar-refractivity contribution >= 4 is 0 Å². The Labute approximate surface area is 166 Å². The lowest BCUT2D eigenvalue weighted by Gasteiger charge is -2.11. The van der Waals surface area contributed by atoms with Crippen LogP contribution in [0.15, 0.2) is 30.5 Å². The van der Waals surface area contributed by atoms with Crippen molar-refractivity contribution in [3.63, 3.8) is 0 Å². The second kappa shape index (κ2) is 7.42. The van der Waals surface area contributed by atoms with Gasteiger partial charge in [-0.3, -0.25) is 0 Å². The summed E-state index contributed by atoms with van der Waals surface area (Å²) < 4.78 is 55.3. The third-order valence-corrected chi connectivity index (χ3v) is 4.59. The average Bonchev–Trinajstić information content (AvgIpc) is 3.46. The van der Waals surface area contributed by atoms with Crippen LogP contribution in [0.4, 0.5) is 13.2 Å². The molecular formula is C21H20F3N3O2. The van der Waals surface area contributed by atoms with Crippen LogP contribution in [0.2, 0.25) is 0 Å². The molecule has 5 nitrogen and oxygen atoms in total. The van der Waals surface area contributed by atoms with Gasteiger partial charge in [0.25, 0.3) is 5.88 Å². The molecule has 0 N–H and O–H groups in total. The topological polar surface area (TPSA) is 49.2 Å². The quantitative estimate of drug-likeness (QED) is 0.549. The highest BCUT2D eigenvalue weighted by atomic mass is 19.1. The molecule has 0 amide bonds. The third-order valence-electron chi connectivity index (χ3n) is 4.59. The van der Waals surface area contributed by atoms with E-state index in [9.17, 15) is 13.2 Å². The van der Waals surface area contributed by atoms with E-state index in [1.165, 1.54) is 16.8 Å². The Morgan fingerprint density at radius 2 is 1.76 bits per heavy atom. The van der Waals surface area contributed by atoms with Crippen molar-refractivity contribution < 1.29 is 22.6 Å². The monoisotopic (exact) mass is 403 g/mol. The van der Waals surface area contributed by atoms with Gasteiger partial charge in [0.05, 0.1) is 11.8 Å². The third kappa shape index (κ3) is 3.79. The molecule has 0 atom stereocenters. The van der Waals surface area contributed by atoms with Crippen molar-refractivity contribution in [1.82, 2.24) is 14.8 Å². The molecule has 4 rings (SSSR count). The smallest absolute Gasteiger partial charge is 0.277 e. The molecule has 152 valence electrons. The summed E-state index contributed by atoms with van der Waals surface area (Å²) in [7, 11) is 0. The number of ether oxygens (including phenoxy) is 2. The fraction of sp³-hybridized carbons (Fsp3) is 0.333. The van der Waals surface area contributed by atoms with E-state index in [1.54, 1.807) is 27.0 Å². The molecule has 0 bridgehead atoms. The largest absolute Gasteiger partial charge is 0.471 e. The zero-order valence-corrected chi connectivity index (χ0v) is 16.2. The Morgan fingerprint density at radius 1 is 1.07 bits per heavy atom. The molecule has 0 saturated heterocycles. The van der Waals surface area contributed by atoms with E-state index < -0.39 is 23.2 Å². The van der Waals surface area contributed by atoms with E-state index in [2.05, 4.69) is 10.1 Å². The standard InChI is InChI=1S/C21H20F3N3O2/c1-11(2)28-21-18(29-19-15(22)5-4-6-16(19)23)12(3)27(26-21)20-17(24)9-14(10-25-20)13-7-8-13/h4-6,9-11,13H,7-8H2,1-3H3. The molecular weight excluding hydrogens is 383 g/mol. The molecule has 1 aliphatic carbocycles. The summed E-state index contributed by atoms with van der Waals surface area (Å²) in [6.45, 7) is 5.13. The molecule has 0 aliphatic heterocycles. The van der Waals surface area contributed by atoms with Crippen molar-refractivity contribution in [3.05, 3.63) is 59.2 Å². The Hall–Kier alpha value is -3.03. The van der Waals surface area contributed by atoms with Crippen LogP contribution in [0, 0.1) is 24.4 Å². The van der Waals surface area contributed by atoms with Gasteiger partial charge in [-0.25, -0.2) is 22.8 Å². The van der Waals surface area contributed by atoms with Gasteiger partial charge in [-0.1, -0.05) is 6.07 Å². The first-order chi connectivity index (χ1) is 13.8. The molecule has 0 unspecified atom stereocenters. The molecule has 2 heterocycles. The first kappa shape index (κ1) is 19.3. The molecule has 0 spiro atoms. The first-order valence-corrected chi connectivity index (χ1v) is 9.39. The van der Waals surface area contributed by atoms with E-state index >= 15 is 0 Å². The van der Waals surface area contributed by atoms with Gasteiger partial charge in [0.1, 0.15) is 0 Å². The van der Waals surface area contributed by atoms with Gasteiger partial charge in [-0.05, 0) is 63.3 Å². The fourth-order valence-corrected chi connectivity index (χ4v) is 3.01. The maximum atomic E-state index is 14.7. The highest BCUT2D eigenvalue weighted by Gasteiger charge is 2.27. The Bertz CT molecular complexity index is 1040. The number of hydrogen-bond donors (Lipinski definition) is 0. The zero-order chi connectivity index (χ0) is 20.7. The van der Waals surface area contributed by atoms with Crippen LogP contribution < -0.4 is 9.47 Å². The molecule has 1 aromatic carbocycles. The summed E-state index contributed by atoms with van der Waals surface area (Å²) in [5.74, 6) is -2.56. The van der Waals surface area contributed by atoms with Gasteiger partial charge in [-0.15, -0.1) is 5.10 Å². The summed E-state index contributed by atoms with van der Waals surface area (Å²) in [4.78, 5) is 4.21. The molecule has 29 heavy (non-hydrogen) atoms. The van der Waals surface area contributed by atoms with E-state index in [4.69, 9.17) is 9.47 Å². The summed E-state index contributed by atoms with van der Waals surface area (Å²) in [5, 5.41) is 4.25. The molecule has 3 aromatic rings. The van der Waals surface area contributed by atoms with Crippen LogP contribution in [0.3, 0.4) is 0 Å². The molecule has 0 radical (unpaired) electrons. The number of benzene rings is 1. The average molecular weight is 403 g/mol. The van der Waals surface area contributed by atoms with Gasteiger partial charge >= 0.3 is 0 Å². The van der Waals surface area contributed by atoms with E-state index in [1.807, 2.05) is 0 Å². The SMILES string of the molecule is Cc1c(Oc2c(F)cccc2F)c(OC(C)C)nn1-c1ncc(C2CC2)cc1F. The number of para-hydroxylation sites is 1.